The van der Waals surface area contributed by atoms with E-state index in [1.807, 2.05) is 12.1 Å². The van der Waals surface area contributed by atoms with Crippen molar-refractivity contribution >= 4 is 33.5 Å². The van der Waals surface area contributed by atoms with Gasteiger partial charge < -0.3 is 4.98 Å². The first kappa shape index (κ1) is 12.2. The molecule has 3 nitrogen and oxygen atoms in total. The molecular weight excluding hydrogens is 270 g/mol. The van der Waals surface area contributed by atoms with Gasteiger partial charge >= 0.3 is 0 Å². The van der Waals surface area contributed by atoms with E-state index in [0.29, 0.717) is 10.9 Å². The Morgan fingerprint density at radius 1 is 1.15 bits per heavy atom. The minimum atomic E-state index is 0.559. The Bertz CT molecular complexity index is 772. The first-order valence-electron chi connectivity index (χ1n) is 7.26. The van der Waals surface area contributed by atoms with E-state index in [4.69, 9.17) is 16.6 Å². The molecule has 20 heavy (non-hydrogen) atoms. The summed E-state index contributed by atoms with van der Waals surface area (Å²) < 4.78 is 0. The number of nitrogens with zero attached hydrogens (tertiary/aromatic N) is 2. The van der Waals surface area contributed by atoms with Gasteiger partial charge in [0.15, 0.2) is 0 Å². The summed E-state index contributed by atoms with van der Waals surface area (Å²) in [6.07, 6.45) is 8.20. The van der Waals surface area contributed by atoms with Gasteiger partial charge in [-0.15, -0.1) is 0 Å². The lowest BCUT2D eigenvalue weighted by Gasteiger charge is -2.18. The van der Waals surface area contributed by atoms with Crippen LogP contribution in [0, 0.1) is 0 Å². The second-order valence-electron chi connectivity index (χ2n) is 5.62. The molecule has 0 atom stereocenters. The Morgan fingerprint density at radius 3 is 2.85 bits per heavy atom. The number of H-pyrrole nitrogens is 1. The highest BCUT2D eigenvalue weighted by atomic mass is 35.5. The van der Waals surface area contributed by atoms with Crippen LogP contribution in [0.3, 0.4) is 0 Å². The third kappa shape index (κ3) is 1.88. The molecule has 1 saturated carbocycles. The number of pyridine rings is 1. The van der Waals surface area contributed by atoms with Crippen molar-refractivity contribution in [1.29, 1.82) is 0 Å². The van der Waals surface area contributed by atoms with Crippen LogP contribution >= 0.6 is 11.6 Å². The fourth-order valence-corrected chi connectivity index (χ4v) is 3.53. The summed E-state index contributed by atoms with van der Waals surface area (Å²) in [7, 11) is 0. The van der Waals surface area contributed by atoms with Crippen LogP contribution in [0.25, 0.3) is 21.9 Å². The Morgan fingerprint density at radius 2 is 2.00 bits per heavy atom. The molecule has 0 amide bonds. The zero-order valence-electron chi connectivity index (χ0n) is 11.2. The highest BCUT2D eigenvalue weighted by molar-refractivity contribution is 6.39. The van der Waals surface area contributed by atoms with Gasteiger partial charge in [-0.3, -0.25) is 4.98 Å². The highest BCUT2D eigenvalue weighted by Gasteiger charge is 2.20. The summed E-state index contributed by atoms with van der Waals surface area (Å²) in [6, 6.07) is 6.07. The van der Waals surface area contributed by atoms with Crippen molar-refractivity contribution in [3.8, 4) is 0 Å². The predicted molar refractivity (Wildman–Crippen MR) is 82.2 cm³/mol. The number of aromatic nitrogens is 3. The van der Waals surface area contributed by atoms with E-state index in [0.717, 1.165) is 27.8 Å². The molecular formula is C16H16ClN3. The molecule has 0 spiro atoms. The van der Waals surface area contributed by atoms with Crippen molar-refractivity contribution in [2.45, 2.75) is 38.0 Å². The lowest BCUT2D eigenvalue weighted by atomic mass is 9.89. The molecule has 1 N–H and O–H groups in total. The normalized spacial score (nSPS) is 17.1. The van der Waals surface area contributed by atoms with Gasteiger partial charge in [0.1, 0.15) is 11.3 Å². The summed E-state index contributed by atoms with van der Waals surface area (Å²) >= 11 is 6.48. The van der Waals surface area contributed by atoms with Crippen LogP contribution in [0.4, 0.5) is 0 Å². The molecule has 1 fully saturated rings. The smallest absolute Gasteiger partial charge is 0.110 e. The first-order valence-corrected chi connectivity index (χ1v) is 7.63. The molecule has 4 rings (SSSR count). The highest BCUT2D eigenvalue weighted by Crippen LogP contribution is 2.35. The van der Waals surface area contributed by atoms with Gasteiger partial charge in [-0.25, -0.2) is 4.98 Å². The molecule has 0 aliphatic heterocycles. The number of nitrogens with one attached hydrogen (secondary N) is 1. The van der Waals surface area contributed by atoms with E-state index in [1.165, 1.54) is 32.1 Å². The van der Waals surface area contributed by atoms with E-state index < -0.39 is 0 Å². The molecule has 2 heterocycles. The van der Waals surface area contributed by atoms with E-state index in [9.17, 15) is 0 Å². The van der Waals surface area contributed by atoms with E-state index in [1.54, 1.807) is 6.20 Å². The van der Waals surface area contributed by atoms with Crippen molar-refractivity contribution in [3.63, 3.8) is 0 Å². The second kappa shape index (κ2) is 4.74. The number of fused-ring (bicyclic) bond motifs is 2. The quantitative estimate of drug-likeness (QED) is 0.697. The van der Waals surface area contributed by atoms with Crippen LogP contribution in [0.1, 0.15) is 43.8 Å². The third-order valence-corrected chi connectivity index (χ3v) is 4.65. The number of rotatable bonds is 1. The average Bonchev–Trinajstić information content (AvgIpc) is 2.93. The van der Waals surface area contributed by atoms with Crippen molar-refractivity contribution in [1.82, 2.24) is 15.0 Å². The summed E-state index contributed by atoms with van der Waals surface area (Å²) in [5.41, 5.74) is 2.72. The van der Waals surface area contributed by atoms with Crippen LogP contribution in [-0.4, -0.2) is 15.0 Å². The molecule has 1 aliphatic rings. The fraction of sp³-hybridized carbons (Fsp3) is 0.375. The molecule has 4 heteroatoms. The summed E-state index contributed by atoms with van der Waals surface area (Å²) in [5.74, 6) is 1.65. The van der Waals surface area contributed by atoms with Gasteiger partial charge in [0.05, 0.1) is 16.1 Å². The van der Waals surface area contributed by atoms with Gasteiger partial charge in [0.25, 0.3) is 0 Å². The van der Waals surface area contributed by atoms with Crippen LogP contribution in [0.5, 0.6) is 0 Å². The van der Waals surface area contributed by atoms with E-state index >= 15 is 0 Å². The molecule has 2 aromatic heterocycles. The van der Waals surface area contributed by atoms with Crippen LogP contribution < -0.4 is 0 Å². The molecule has 3 aromatic rings. The lowest BCUT2D eigenvalue weighted by molar-refractivity contribution is 0.431. The third-order valence-electron chi connectivity index (χ3n) is 4.30. The summed E-state index contributed by atoms with van der Waals surface area (Å²) in [5, 5.41) is 1.72. The number of hydrogen-bond donors (Lipinski definition) is 1. The number of imidazole rings is 1. The maximum absolute atomic E-state index is 6.48. The van der Waals surface area contributed by atoms with E-state index in [-0.39, 0.29) is 0 Å². The molecule has 0 unspecified atom stereocenters. The van der Waals surface area contributed by atoms with Crippen LogP contribution in [0.2, 0.25) is 5.02 Å². The van der Waals surface area contributed by atoms with Crippen molar-refractivity contribution in [3.05, 3.63) is 35.2 Å². The van der Waals surface area contributed by atoms with Gasteiger partial charge in [-0.05, 0) is 25.0 Å². The van der Waals surface area contributed by atoms with Gasteiger partial charge in [-0.2, -0.15) is 0 Å². The SMILES string of the molecule is Clc1c2ncccc2cc2[nH]c(C3CCCCC3)nc12. The van der Waals surface area contributed by atoms with E-state index in [2.05, 4.69) is 16.0 Å². The maximum atomic E-state index is 6.48. The minimum Gasteiger partial charge on any atom is -0.342 e. The van der Waals surface area contributed by atoms with Gasteiger partial charge in [0, 0.05) is 17.5 Å². The summed E-state index contributed by atoms with van der Waals surface area (Å²) in [4.78, 5) is 12.6. The standard InChI is InChI=1S/C16H16ClN3/c17-13-14-11(7-4-8-18-14)9-12-15(13)20-16(19-12)10-5-2-1-3-6-10/h4,7-10H,1-3,5-6H2,(H,19,20). The first-order chi connectivity index (χ1) is 9.83. The fourth-order valence-electron chi connectivity index (χ4n) is 3.23. The monoisotopic (exact) mass is 285 g/mol. The zero-order chi connectivity index (χ0) is 13.5. The molecule has 0 radical (unpaired) electrons. The molecule has 102 valence electrons. The van der Waals surface area contributed by atoms with Crippen molar-refractivity contribution in [2.75, 3.05) is 0 Å². The number of halogens is 1. The molecule has 0 saturated heterocycles. The van der Waals surface area contributed by atoms with Gasteiger partial charge in [0.2, 0.25) is 0 Å². The largest absolute Gasteiger partial charge is 0.342 e. The topological polar surface area (TPSA) is 41.6 Å². The second-order valence-corrected chi connectivity index (χ2v) is 6.00. The van der Waals surface area contributed by atoms with Crippen molar-refractivity contribution in [2.24, 2.45) is 0 Å². The number of hydrogen-bond acceptors (Lipinski definition) is 2. The number of aromatic amines is 1. The molecule has 0 bridgehead atoms. The Kier molecular flexibility index (Phi) is 2.88. The Balaban J connectivity index is 1.89. The van der Waals surface area contributed by atoms with Crippen LogP contribution in [-0.2, 0) is 0 Å². The molecule has 1 aliphatic carbocycles. The zero-order valence-corrected chi connectivity index (χ0v) is 12.0. The summed E-state index contributed by atoms with van der Waals surface area (Å²) in [6.45, 7) is 0. The predicted octanol–water partition coefficient (Wildman–Crippen LogP) is 4.81. The Labute approximate surface area is 122 Å². The van der Waals surface area contributed by atoms with Crippen LogP contribution in [0.15, 0.2) is 24.4 Å². The van der Waals surface area contributed by atoms with Crippen molar-refractivity contribution < 1.29 is 0 Å². The average molecular weight is 286 g/mol. The maximum Gasteiger partial charge on any atom is 0.110 e. The lowest BCUT2D eigenvalue weighted by Crippen LogP contribution is -2.05. The molecule has 1 aromatic carbocycles. The van der Waals surface area contributed by atoms with Gasteiger partial charge in [-0.1, -0.05) is 36.9 Å². The number of benzene rings is 1. The Hall–Kier alpha value is -1.61. The minimum absolute atomic E-state index is 0.559.